The lowest BCUT2D eigenvalue weighted by Crippen LogP contribution is -2.30. The van der Waals surface area contributed by atoms with Gasteiger partial charge in [-0.05, 0) is 55.7 Å². The molecule has 23 heavy (non-hydrogen) atoms. The molecule has 0 atom stereocenters. The van der Waals surface area contributed by atoms with Crippen molar-refractivity contribution in [1.29, 1.82) is 0 Å². The summed E-state index contributed by atoms with van der Waals surface area (Å²) < 4.78 is 5.68. The molecule has 0 radical (unpaired) electrons. The minimum absolute atomic E-state index is 0.230. The number of hydrogen-bond donors (Lipinski definition) is 2. The standard InChI is InChI=1S/C18H21ClN2O2/c1-13-6-3-4-7-17(13)23-11-5-10-20-18(22)21-16-9-8-15(19)12-14(16)2/h3-4,6-9,12H,5,10-11H2,1-2H3,(H2,20,21,22). The molecule has 122 valence electrons. The molecule has 0 saturated heterocycles. The lowest BCUT2D eigenvalue weighted by Gasteiger charge is -2.11. The van der Waals surface area contributed by atoms with E-state index in [-0.39, 0.29) is 6.03 Å². The fourth-order valence-corrected chi connectivity index (χ4v) is 2.34. The van der Waals surface area contributed by atoms with Gasteiger partial charge in [0.15, 0.2) is 0 Å². The van der Waals surface area contributed by atoms with Crippen LogP contribution in [0.15, 0.2) is 42.5 Å². The normalized spacial score (nSPS) is 10.2. The number of nitrogens with one attached hydrogen (secondary N) is 2. The molecule has 0 aliphatic rings. The van der Waals surface area contributed by atoms with Crippen molar-refractivity contribution < 1.29 is 9.53 Å². The van der Waals surface area contributed by atoms with E-state index in [1.165, 1.54) is 0 Å². The van der Waals surface area contributed by atoms with Crippen LogP contribution in [0, 0.1) is 13.8 Å². The fourth-order valence-electron chi connectivity index (χ4n) is 2.11. The van der Waals surface area contributed by atoms with Crippen LogP contribution in [0.1, 0.15) is 17.5 Å². The fraction of sp³-hybridized carbons (Fsp3) is 0.278. The molecule has 0 saturated carbocycles. The molecule has 0 aliphatic carbocycles. The van der Waals surface area contributed by atoms with Crippen LogP contribution in [-0.4, -0.2) is 19.2 Å². The molecule has 2 amide bonds. The largest absolute Gasteiger partial charge is 0.493 e. The maximum absolute atomic E-state index is 11.8. The molecule has 5 heteroatoms. The first-order valence-electron chi connectivity index (χ1n) is 7.55. The van der Waals surface area contributed by atoms with Gasteiger partial charge in [0.1, 0.15) is 5.75 Å². The predicted octanol–water partition coefficient (Wildman–Crippen LogP) is 4.55. The highest BCUT2D eigenvalue weighted by molar-refractivity contribution is 6.30. The third-order valence-corrected chi connectivity index (χ3v) is 3.63. The van der Waals surface area contributed by atoms with Crippen LogP contribution in [0.25, 0.3) is 0 Å². The number of urea groups is 1. The van der Waals surface area contributed by atoms with Crippen LogP contribution < -0.4 is 15.4 Å². The number of halogens is 1. The van der Waals surface area contributed by atoms with E-state index in [1.54, 1.807) is 12.1 Å². The zero-order valence-electron chi connectivity index (χ0n) is 13.4. The zero-order valence-corrected chi connectivity index (χ0v) is 14.1. The van der Waals surface area contributed by atoms with Crippen molar-refractivity contribution in [3.8, 4) is 5.75 Å². The molecule has 0 unspecified atom stereocenters. The molecule has 2 aromatic carbocycles. The SMILES string of the molecule is Cc1cc(Cl)ccc1NC(=O)NCCCOc1ccccc1C. The monoisotopic (exact) mass is 332 g/mol. The number of para-hydroxylation sites is 1. The van der Waals surface area contributed by atoms with Gasteiger partial charge in [-0.2, -0.15) is 0 Å². The Hall–Kier alpha value is -2.20. The topological polar surface area (TPSA) is 50.4 Å². The van der Waals surface area contributed by atoms with E-state index in [0.717, 1.165) is 29.0 Å². The lowest BCUT2D eigenvalue weighted by molar-refractivity contribution is 0.250. The van der Waals surface area contributed by atoms with Gasteiger partial charge in [-0.1, -0.05) is 29.8 Å². The van der Waals surface area contributed by atoms with E-state index in [4.69, 9.17) is 16.3 Å². The molecule has 0 aromatic heterocycles. The van der Waals surface area contributed by atoms with Crippen LogP contribution in [0.4, 0.5) is 10.5 Å². The average Bonchev–Trinajstić information content (AvgIpc) is 2.51. The molecule has 2 N–H and O–H groups in total. The zero-order chi connectivity index (χ0) is 16.7. The number of carbonyl (C=O) groups is 1. The predicted molar refractivity (Wildman–Crippen MR) is 94.5 cm³/mol. The van der Waals surface area contributed by atoms with Crippen LogP contribution in [-0.2, 0) is 0 Å². The number of carbonyl (C=O) groups excluding carboxylic acids is 1. The van der Waals surface area contributed by atoms with Gasteiger partial charge in [0, 0.05) is 17.3 Å². The van der Waals surface area contributed by atoms with Gasteiger partial charge < -0.3 is 15.4 Å². The van der Waals surface area contributed by atoms with E-state index >= 15 is 0 Å². The van der Waals surface area contributed by atoms with Crippen LogP contribution in [0.3, 0.4) is 0 Å². The smallest absolute Gasteiger partial charge is 0.319 e. The van der Waals surface area contributed by atoms with Crippen LogP contribution >= 0.6 is 11.6 Å². The summed E-state index contributed by atoms with van der Waals surface area (Å²) in [6.07, 6.45) is 0.737. The number of hydrogen-bond acceptors (Lipinski definition) is 2. The van der Waals surface area contributed by atoms with Crippen molar-refractivity contribution in [2.45, 2.75) is 20.3 Å². The van der Waals surface area contributed by atoms with Crippen molar-refractivity contribution in [2.24, 2.45) is 0 Å². The highest BCUT2D eigenvalue weighted by atomic mass is 35.5. The molecule has 0 heterocycles. The Bertz CT molecular complexity index is 674. The minimum atomic E-state index is -0.230. The summed E-state index contributed by atoms with van der Waals surface area (Å²) >= 11 is 5.89. The maximum atomic E-state index is 11.8. The minimum Gasteiger partial charge on any atom is -0.493 e. The Morgan fingerprint density at radius 3 is 2.65 bits per heavy atom. The van der Waals surface area contributed by atoms with Gasteiger partial charge in [-0.25, -0.2) is 4.79 Å². The Morgan fingerprint density at radius 1 is 1.13 bits per heavy atom. The third kappa shape index (κ3) is 5.49. The Labute approximate surface area is 141 Å². The van der Waals surface area contributed by atoms with Crippen molar-refractivity contribution in [1.82, 2.24) is 5.32 Å². The van der Waals surface area contributed by atoms with E-state index in [9.17, 15) is 4.79 Å². The van der Waals surface area contributed by atoms with Crippen LogP contribution in [0.5, 0.6) is 5.75 Å². The molecule has 0 spiro atoms. The molecule has 0 fully saturated rings. The molecule has 2 rings (SSSR count). The van der Waals surface area contributed by atoms with Crippen molar-refractivity contribution in [3.63, 3.8) is 0 Å². The van der Waals surface area contributed by atoms with Gasteiger partial charge in [-0.3, -0.25) is 0 Å². The van der Waals surface area contributed by atoms with Gasteiger partial charge >= 0.3 is 6.03 Å². The van der Waals surface area contributed by atoms with Gasteiger partial charge in [0.2, 0.25) is 0 Å². The van der Waals surface area contributed by atoms with Crippen molar-refractivity contribution >= 4 is 23.3 Å². The van der Waals surface area contributed by atoms with E-state index < -0.39 is 0 Å². The maximum Gasteiger partial charge on any atom is 0.319 e. The summed E-state index contributed by atoms with van der Waals surface area (Å²) in [5.41, 5.74) is 2.79. The second kappa shape index (κ2) is 8.44. The van der Waals surface area contributed by atoms with Crippen molar-refractivity contribution in [2.75, 3.05) is 18.5 Å². The van der Waals surface area contributed by atoms with E-state index in [0.29, 0.717) is 18.2 Å². The van der Waals surface area contributed by atoms with Crippen LogP contribution in [0.2, 0.25) is 5.02 Å². The highest BCUT2D eigenvalue weighted by Crippen LogP contribution is 2.19. The quantitative estimate of drug-likeness (QED) is 0.762. The number of aryl methyl sites for hydroxylation is 2. The summed E-state index contributed by atoms with van der Waals surface area (Å²) in [5.74, 6) is 0.883. The first-order chi connectivity index (χ1) is 11.1. The highest BCUT2D eigenvalue weighted by Gasteiger charge is 2.04. The molecule has 0 aliphatic heterocycles. The molecule has 2 aromatic rings. The second-order valence-corrected chi connectivity index (χ2v) is 5.74. The summed E-state index contributed by atoms with van der Waals surface area (Å²) in [6, 6.07) is 13.0. The summed E-state index contributed by atoms with van der Waals surface area (Å²) in [6.45, 7) is 5.02. The summed E-state index contributed by atoms with van der Waals surface area (Å²) in [7, 11) is 0. The number of anilines is 1. The summed E-state index contributed by atoms with van der Waals surface area (Å²) in [5, 5.41) is 6.27. The Balaban J connectivity index is 1.68. The second-order valence-electron chi connectivity index (χ2n) is 5.31. The van der Waals surface area contributed by atoms with E-state index in [1.807, 2.05) is 44.2 Å². The molecule has 0 bridgehead atoms. The third-order valence-electron chi connectivity index (χ3n) is 3.39. The Kier molecular flexibility index (Phi) is 6.29. The first kappa shape index (κ1) is 17.2. The van der Waals surface area contributed by atoms with Gasteiger partial charge in [0.05, 0.1) is 6.61 Å². The Morgan fingerprint density at radius 2 is 1.91 bits per heavy atom. The lowest BCUT2D eigenvalue weighted by atomic mass is 10.2. The first-order valence-corrected chi connectivity index (χ1v) is 7.93. The number of ether oxygens (including phenoxy) is 1. The molecule has 4 nitrogen and oxygen atoms in total. The van der Waals surface area contributed by atoms with Gasteiger partial charge in [-0.15, -0.1) is 0 Å². The molecular formula is C18H21ClN2O2. The van der Waals surface area contributed by atoms with Gasteiger partial charge in [0.25, 0.3) is 0 Å². The van der Waals surface area contributed by atoms with Crippen molar-refractivity contribution in [3.05, 3.63) is 58.6 Å². The summed E-state index contributed by atoms with van der Waals surface area (Å²) in [4.78, 5) is 11.8. The average molecular weight is 333 g/mol. The molecular weight excluding hydrogens is 312 g/mol. The van der Waals surface area contributed by atoms with E-state index in [2.05, 4.69) is 10.6 Å². The number of rotatable bonds is 6. The number of benzene rings is 2. The number of amides is 2.